The molecular weight excluding hydrogens is 258 g/mol. The van der Waals surface area contributed by atoms with Crippen molar-refractivity contribution >= 4 is 20.0 Å². The van der Waals surface area contributed by atoms with Gasteiger partial charge in [0.2, 0.25) is 0 Å². The smallest absolute Gasteiger partial charge is 0.283 e. The highest BCUT2D eigenvalue weighted by Gasteiger charge is 2.35. The molecule has 0 amide bonds. The Morgan fingerprint density at radius 2 is 1.75 bits per heavy atom. The van der Waals surface area contributed by atoms with E-state index in [4.69, 9.17) is 9.29 Å². The van der Waals surface area contributed by atoms with Crippen molar-refractivity contribution in [2.45, 2.75) is 4.58 Å². The first kappa shape index (κ1) is 13.8. The maximum absolute atomic E-state index is 11.3. The predicted octanol–water partition coefficient (Wildman–Crippen LogP) is -1.42. The van der Waals surface area contributed by atoms with Gasteiger partial charge < -0.3 is 4.74 Å². The van der Waals surface area contributed by atoms with Crippen LogP contribution in [0.25, 0.3) is 0 Å². The number of ether oxygens (including phenoxy) is 1. The molecule has 1 saturated heterocycles. The van der Waals surface area contributed by atoms with Gasteiger partial charge in [0.1, 0.15) is 0 Å². The predicted molar refractivity (Wildman–Crippen MR) is 57.4 cm³/mol. The SMILES string of the molecule is CS(=O)(=O)C(CN1CCOCC1)S(=O)(=O)O. The van der Waals surface area contributed by atoms with Gasteiger partial charge in [-0.25, -0.2) is 8.42 Å². The lowest BCUT2D eigenvalue weighted by Gasteiger charge is -2.28. The lowest BCUT2D eigenvalue weighted by Crippen LogP contribution is -2.45. The first-order valence-electron chi connectivity index (χ1n) is 4.66. The fraction of sp³-hybridized carbons (Fsp3) is 1.00. The molecule has 0 aliphatic carbocycles. The lowest BCUT2D eigenvalue weighted by atomic mass is 10.4. The quantitative estimate of drug-likeness (QED) is 0.627. The second-order valence-corrected chi connectivity index (χ2v) is 7.81. The van der Waals surface area contributed by atoms with E-state index < -0.39 is 24.5 Å². The van der Waals surface area contributed by atoms with Crippen molar-refractivity contribution in [1.29, 1.82) is 0 Å². The molecular formula is C7H15NO6S2. The molecule has 7 nitrogen and oxygen atoms in total. The second-order valence-electron chi connectivity index (χ2n) is 3.69. The van der Waals surface area contributed by atoms with E-state index in [0.29, 0.717) is 26.3 Å². The van der Waals surface area contributed by atoms with Crippen LogP contribution in [0.15, 0.2) is 0 Å². The molecule has 9 heteroatoms. The molecule has 1 aliphatic heterocycles. The Balaban J connectivity index is 2.79. The monoisotopic (exact) mass is 273 g/mol. The molecule has 1 atom stereocenters. The molecule has 0 bridgehead atoms. The molecule has 1 heterocycles. The van der Waals surface area contributed by atoms with Crippen LogP contribution in [0.2, 0.25) is 0 Å². The molecule has 1 fully saturated rings. The summed E-state index contributed by atoms with van der Waals surface area (Å²) in [6, 6.07) is 0. The van der Waals surface area contributed by atoms with Gasteiger partial charge in [0.25, 0.3) is 10.1 Å². The highest BCUT2D eigenvalue weighted by molar-refractivity contribution is 8.06. The van der Waals surface area contributed by atoms with Gasteiger partial charge in [0, 0.05) is 25.9 Å². The van der Waals surface area contributed by atoms with Crippen LogP contribution < -0.4 is 0 Å². The maximum atomic E-state index is 11.3. The molecule has 0 aromatic heterocycles. The number of rotatable bonds is 4. The third-order valence-corrected chi connectivity index (χ3v) is 6.02. The molecule has 0 aromatic rings. The van der Waals surface area contributed by atoms with Crippen LogP contribution in [0.3, 0.4) is 0 Å². The fourth-order valence-corrected chi connectivity index (χ4v) is 4.09. The van der Waals surface area contributed by atoms with Crippen molar-refractivity contribution in [2.75, 3.05) is 39.1 Å². The van der Waals surface area contributed by atoms with Gasteiger partial charge in [-0.1, -0.05) is 0 Å². The van der Waals surface area contributed by atoms with Crippen molar-refractivity contribution < 1.29 is 26.1 Å². The van der Waals surface area contributed by atoms with E-state index in [-0.39, 0.29) is 6.54 Å². The Kier molecular flexibility index (Phi) is 4.29. The minimum Gasteiger partial charge on any atom is -0.379 e. The van der Waals surface area contributed by atoms with E-state index >= 15 is 0 Å². The van der Waals surface area contributed by atoms with Gasteiger partial charge in [-0.3, -0.25) is 9.45 Å². The van der Waals surface area contributed by atoms with Crippen LogP contribution >= 0.6 is 0 Å². The summed E-state index contributed by atoms with van der Waals surface area (Å²) in [4.78, 5) is 1.64. The van der Waals surface area contributed by atoms with E-state index in [0.717, 1.165) is 6.26 Å². The third-order valence-electron chi connectivity index (χ3n) is 2.32. The third kappa shape index (κ3) is 3.98. The van der Waals surface area contributed by atoms with E-state index in [2.05, 4.69) is 0 Å². The molecule has 0 radical (unpaired) electrons. The van der Waals surface area contributed by atoms with Crippen LogP contribution in [-0.2, 0) is 24.7 Å². The number of nitrogens with zero attached hydrogens (tertiary/aromatic N) is 1. The summed E-state index contributed by atoms with van der Waals surface area (Å²) in [6.07, 6.45) is 0.798. The van der Waals surface area contributed by atoms with Crippen LogP contribution in [0.4, 0.5) is 0 Å². The molecule has 0 aromatic carbocycles. The molecule has 1 unspecified atom stereocenters. The average Bonchev–Trinajstić information content (AvgIpc) is 2.12. The summed E-state index contributed by atoms with van der Waals surface area (Å²) in [5.41, 5.74) is 0. The summed E-state index contributed by atoms with van der Waals surface area (Å²) in [5, 5.41) is 0. The van der Waals surface area contributed by atoms with Gasteiger partial charge in [-0.15, -0.1) is 0 Å². The van der Waals surface area contributed by atoms with Crippen molar-refractivity contribution in [3.8, 4) is 0 Å². The van der Waals surface area contributed by atoms with E-state index in [9.17, 15) is 16.8 Å². The number of sulfone groups is 1. The maximum Gasteiger partial charge on any atom is 0.283 e. The molecule has 16 heavy (non-hydrogen) atoms. The zero-order valence-electron chi connectivity index (χ0n) is 8.87. The Hall–Kier alpha value is -0.220. The van der Waals surface area contributed by atoms with Crippen LogP contribution in [-0.4, -0.2) is 70.0 Å². The molecule has 0 saturated carbocycles. The zero-order valence-corrected chi connectivity index (χ0v) is 10.5. The second kappa shape index (κ2) is 4.96. The standard InChI is InChI=1S/C7H15NO6S2/c1-15(9,10)7(16(11,12)13)6-8-2-4-14-5-3-8/h7H,2-6H2,1H3,(H,11,12,13). The van der Waals surface area contributed by atoms with E-state index in [1.165, 1.54) is 0 Å². The Labute approximate surface area is 95.1 Å². The number of hydrogen-bond donors (Lipinski definition) is 1. The summed E-state index contributed by atoms with van der Waals surface area (Å²) < 4.78 is 56.6. The topological polar surface area (TPSA) is 101 Å². The molecule has 1 N–H and O–H groups in total. The van der Waals surface area contributed by atoms with Crippen molar-refractivity contribution in [1.82, 2.24) is 4.90 Å². The van der Waals surface area contributed by atoms with Gasteiger partial charge >= 0.3 is 0 Å². The van der Waals surface area contributed by atoms with Crippen molar-refractivity contribution in [3.63, 3.8) is 0 Å². The van der Waals surface area contributed by atoms with Gasteiger partial charge in [-0.05, 0) is 0 Å². The number of hydrogen-bond acceptors (Lipinski definition) is 6. The van der Waals surface area contributed by atoms with Crippen LogP contribution in [0, 0.1) is 0 Å². The molecule has 0 spiro atoms. The summed E-state index contributed by atoms with van der Waals surface area (Å²) in [5.74, 6) is 0. The molecule has 1 aliphatic rings. The zero-order chi connectivity index (χ0) is 12.4. The van der Waals surface area contributed by atoms with Crippen molar-refractivity contribution in [3.05, 3.63) is 0 Å². The summed E-state index contributed by atoms with van der Waals surface area (Å²) in [6.45, 7) is 1.56. The minimum atomic E-state index is -4.59. The lowest BCUT2D eigenvalue weighted by molar-refractivity contribution is 0.0396. The fourth-order valence-electron chi connectivity index (χ4n) is 1.45. The van der Waals surface area contributed by atoms with Crippen molar-refractivity contribution in [2.24, 2.45) is 0 Å². The number of morpholine rings is 1. The normalized spacial score (nSPS) is 21.9. The largest absolute Gasteiger partial charge is 0.379 e. The van der Waals surface area contributed by atoms with Gasteiger partial charge in [0.15, 0.2) is 14.4 Å². The first-order valence-corrected chi connectivity index (χ1v) is 8.12. The molecule has 96 valence electrons. The minimum absolute atomic E-state index is 0.221. The van der Waals surface area contributed by atoms with Gasteiger partial charge in [0.05, 0.1) is 13.2 Å². The average molecular weight is 273 g/mol. The Bertz CT molecular complexity index is 390. The summed E-state index contributed by atoms with van der Waals surface area (Å²) in [7, 11) is -8.43. The van der Waals surface area contributed by atoms with Crippen LogP contribution in [0.1, 0.15) is 0 Å². The van der Waals surface area contributed by atoms with E-state index in [1.807, 2.05) is 0 Å². The summed E-state index contributed by atoms with van der Waals surface area (Å²) >= 11 is 0. The Morgan fingerprint density at radius 1 is 1.25 bits per heavy atom. The first-order chi connectivity index (χ1) is 7.21. The Morgan fingerprint density at radius 3 is 2.12 bits per heavy atom. The highest BCUT2D eigenvalue weighted by Crippen LogP contribution is 2.10. The van der Waals surface area contributed by atoms with E-state index in [1.54, 1.807) is 4.90 Å². The highest BCUT2D eigenvalue weighted by atomic mass is 32.3. The van der Waals surface area contributed by atoms with Gasteiger partial charge in [-0.2, -0.15) is 8.42 Å². The molecule has 1 rings (SSSR count). The van der Waals surface area contributed by atoms with Crippen LogP contribution in [0.5, 0.6) is 0 Å².